The molecule has 0 aliphatic carbocycles. The largest absolute Gasteiger partial charge is 0.477 e. The highest BCUT2D eigenvalue weighted by atomic mass is 32.2. The van der Waals surface area contributed by atoms with E-state index in [9.17, 15) is 9.59 Å². The van der Waals surface area contributed by atoms with Gasteiger partial charge in [0.15, 0.2) is 0 Å². The lowest BCUT2D eigenvalue weighted by Crippen LogP contribution is -2.40. The molecule has 1 aliphatic rings. The van der Waals surface area contributed by atoms with Crippen LogP contribution in [0.15, 0.2) is 0 Å². The number of carboxylic acids is 1. The molecule has 2 amide bonds. The average molecular weight is 315 g/mol. The van der Waals surface area contributed by atoms with E-state index in [4.69, 9.17) is 5.11 Å². The molecule has 6 nitrogen and oxygen atoms in total. The van der Waals surface area contributed by atoms with Gasteiger partial charge in [-0.25, -0.2) is 14.6 Å². The zero-order chi connectivity index (χ0) is 14.5. The zero-order valence-corrected chi connectivity index (χ0v) is 12.9. The Labute approximate surface area is 125 Å². The number of carboxylic acid groups (broad SMARTS) is 1. The maximum atomic E-state index is 12.0. The van der Waals surface area contributed by atoms with Crippen molar-refractivity contribution >= 4 is 35.1 Å². The lowest BCUT2D eigenvalue weighted by molar-refractivity contribution is 0.0701. The van der Waals surface area contributed by atoms with E-state index in [1.54, 1.807) is 11.8 Å². The van der Waals surface area contributed by atoms with Gasteiger partial charge >= 0.3 is 12.0 Å². The molecular formula is C12H17N3O3S2. The molecule has 2 heterocycles. The molecule has 0 spiro atoms. The number of urea groups is 1. The van der Waals surface area contributed by atoms with Crippen molar-refractivity contribution in [1.29, 1.82) is 0 Å². The van der Waals surface area contributed by atoms with Gasteiger partial charge < -0.3 is 15.3 Å². The fraction of sp³-hybridized carbons (Fsp3) is 0.583. The van der Waals surface area contributed by atoms with Crippen LogP contribution >= 0.6 is 23.1 Å². The number of rotatable bonds is 3. The van der Waals surface area contributed by atoms with Crippen LogP contribution in [-0.2, 0) is 6.54 Å². The Morgan fingerprint density at radius 3 is 2.90 bits per heavy atom. The second-order valence-electron chi connectivity index (χ2n) is 4.44. The molecule has 1 aromatic rings. The number of nitrogens with zero attached hydrogens (tertiary/aromatic N) is 2. The Morgan fingerprint density at radius 1 is 1.40 bits per heavy atom. The Hall–Kier alpha value is -1.28. The maximum Gasteiger partial charge on any atom is 0.347 e. The van der Waals surface area contributed by atoms with Crippen molar-refractivity contribution in [2.24, 2.45) is 0 Å². The molecule has 0 atom stereocenters. The summed E-state index contributed by atoms with van der Waals surface area (Å²) in [5.74, 6) is 1.09. The molecule has 0 bridgehead atoms. The molecule has 20 heavy (non-hydrogen) atoms. The summed E-state index contributed by atoms with van der Waals surface area (Å²) in [5, 5.41) is 12.4. The topological polar surface area (TPSA) is 82.5 Å². The first-order valence-corrected chi connectivity index (χ1v) is 8.35. The summed E-state index contributed by atoms with van der Waals surface area (Å²) < 4.78 is 0. The van der Waals surface area contributed by atoms with Gasteiger partial charge in [-0.05, 0) is 19.1 Å². The molecule has 0 radical (unpaired) electrons. The van der Waals surface area contributed by atoms with Gasteiger partial charge in [-0.2, -0.15) is 11.8 Å². The summed E-state index contributed by atoms with van der Waals surface area (Å²) in [7, 11) is 0. The Bertz CT molecular complexity index is 496. The van der Waals surface area contributed by atoms with Gasteiger partial charge in [0, 0.05) is 18.8 Å². The van der Waals surface area contributed by atoms with Crippen molar-refractivity contribution in [3.63, 3.8) is 0 Å². The number of carbonyl (C=O) groups is 2. The minimum absolute atomic E-state index is 0.0998. The summed E-state index contributed by atoms with van der Waals surface area (Å²) in [6.45, 7) is 3.47. The summed E-state index contributed by atoms with van der Waals surface area (Å²) in [5.41, 5.74) is 0.498. The van der Waals surface area contributed by atoms with Crippen LogP contribution in [0.4, 0.5) is 4.79 Å². The Balaban J connectivity index is 1.89. The van der Waals surface area contributed by atoms with E-state index in [2.05, 4.69) is 10.3 Å². The summed E-state index contributed by atoms with van der Waals surface area (Å²) in [6, 6.07) is -0.0998. The monoisotopic (exact) mass is 315 g/mol. The van der Waals surface area contributed by atoms with E-state index in [0.717, 1.165) is 42.4 Å². The zero-order valence-electron chi connectivity index (χ0n) is 11.2. The van der Waals surface area contributed by atoms with Crippen molar-refractivity contribution in [3.8, 4) is 0 Å². The third kappa shape index (κ3) is 3.86. The average Bonchev–Trinajstić information content (AvgIpc) is 2.64. The number of aromatic nitrogens is 1. The number of thiazole rings is 1. The minimum atomic E-state index is -0.970. The predicted molar refractivity (Wildman–Crippen MR) is 79.6 cm³/mol. The highest BCUT2D eigenvalue weighted by Gasteiger charge is 2.17. The molecule has 0 aromatic carbocycles. The third-order valence-corrected chi connectivity index (χ3v) is 5.13. The fourth-order valence-corrected chi connectivity index (χ4v) is 3.67. The normalized spacial score (nSPS) is 15.8. The Morgan fingerprint density at radius 2 is 2.20 bits per heavy atom. The second-order valence-corrected chi connectivity index (χ2v) is 6.75. The van der Waals surface area contributed by atoms with Gasteiger partial charge in [0.1, 0.15) is 9.88 Å². The van der Waals surface area contributed by atoms with E-state index < -0.39 is 5.97 Å². The molecule has 8 heteroatoms. The molecule has 1 fully saturated rings. The highest BCUT2D eigenvalue weighted by molar-refractivity contribution is 7.99. The highest BCUT2D eigenvalue weighted by Crippen LogP contribution is 2.18. The van der Waals surface area contributed by atoms with Crippen LogP contribution in [0.5, 0.6) is 0 Å². The molecule has 1 aromatic heterocycles. The SMILES string of the molecule is Cc1nc(CNC(=O)N2CCCSCC2)sc1C(=O)O. The second kappa shape index (κ2) is 6.94. The Kier molecular flexibility index (Phi) is 5.24. The fourth-order valence-electron chi connectivity index (χ4n) is 1.94. The molecule has 2 rings (SSSR count). The van der Waals surface area contributed by atoms with Crippen molar-refractivity contribution in [3.05, 3.63) is 15.6 Å². The van der Waals surface area contributed by atoms with Gasteiger partial charge in [0.2, 0.25) is 0 Å². The first kappa shape index (κ1) is 15.1. The van der Waals surface area contributed by atoms with E-state index in [1.807, 2.05) is 11.8 Å². The smallest absolute Gasteiger partial charge is 0.347 e. The molecule has 1 saturated heterocycles. The van der Waals surface area contributed by atoms with E-state index in [0.29, 0.717) is 10.7 Å². The predicted octanol–water partition coefficient (Wildman–Crippen LogP) is 1.80. The lowest BCUT2D eigenvalue weighted by Gasteiger charge is -2.19. The number of thioether (sulfide) groups is 1. The van der Waals surface area contributed by atoms with Crippen LogP contribution in [-0.4, -0.2) is 51.6 Å². The molecule has 1 aliphatic heterocycles. The van der Waals surface area contributed by atoms with Gasteiger partial charge in [0.05, 0.1) is 12.2 Å². The maximum absolute atomic E-state index is 12.0. The summed E-state index contributed by atoms with van der Waals surface area (Å²) in [6.07, 6.45) is 1.01. The van der Waals surface area contributed by atoms with Crippen molar-refractivity contribution in [2.75, 3.05) is 24.6 Å². The minimum Gasteiger partial charge on any atom is -0.477 e. The van der Waals surface area contributed by atoms with Gasteiger partial charge in [-0.15, -0.1) is 11.3 Å². The van der Waals surface area contributed by atoms with Crippen molar-refractivity contribution < 1.29 is 14.7 Å². The number of aromatic carboxylic acids is 1. The number of aryl methyl sites for hydroxylation is 1. The lowest BCUT2D eigenvalue weighted by atomic mass is 10.4. The van der Waals surface area contributed by atoms with Gasteiger partial charge in [-0.3, -0.25) is 0 Å². The first-order valence-electron chi connectivity index (χ1n) is 6.38. The van der Waals surface area contributed by atoms with Crippen LogP contribution in [0.1, 0.15) is 26.8 Å². The quantitative estimate of drug-likeness (QED) is 0.889. The van der Waals surface area contributed by atoms with Crippen LogP contribution in [0.3, 0.4) is 0 Å². The number of hydrogen-bond donors (Lipinski definition) is 2. The van der Waals surface area contributed by atoms with Crippen LogP contribution in [0, 0.1) is 6.92 Å². The molecule has 110 valence electrons. The van der Waals surface area contributed by atoms with Crippen LogP contribution < -0.4 is 5.32 Å². The number of carbonyl (C=O) groups excluding carboxylic acids is 1. The van der Waals surface area contributed by atoms with Crippen molar-refractivity contribution in [2.45, 2.75) is 19.9 Å². The van der Waals surface area contributed by atoms with E-state index in [-0.39, 0.29) is 17.5 Å². The molecular weight excluding hydrogens is 298 g/mol. The van der Waals surface area contributed by atoms with E-state index in [1.165, 1.54) is 0 Å². The summed E-state index contributed by atoms with van der Waals surface area (Å²) in [4.78, 5) is 29.2. The number of amides is 2. The number of nitrogens with one attached hydrogen (secondary N) is 1. The first-order chi connectivity index (χ1) is 9.58. The van der Waals surface area contributed by atoms with E-state index >= 15 is 0 Å². The molecule has 0 saturated carbocycles. The van der Waals surface area contributed by atoms with Crippen molar-refractivity contribution in [1.82, 2.24) is 15.2 Å². The van der Waals surface area contributed by atoms with Crippen LogP contribution in [0.2, 0.25) is 0 Å². The summed E-state index contributed by atoms with van der Waals surface area (Å²) >= 11 is 2.97. The molecule has 0 unspecified atom stereocenters. The third-order valence-electron chi connectivity index (χ3n) is 2.94. The number of hydrogen-bond acceptors (Lipinski definition) is 5. The van der Waals surface area contributed by atoms with Crippen LogP contribution in [0.25, 0.3) is 0 Å². The molecule has 2 N–H and O–H groups in total. The van der Waals surface area contributed by atoms with Gasteiger partial charge in [0.25, 0.3) is 0 Å². The van der Waals surface area contributed by atoms with Gasteiger partial charge in [-0.1, -0.05) is 0 Å². The standard InChI is InChI=1S/C12H17N3O3S2/c1-8-10(11(16)17)20-9(14-8)7-13-12(18)15-3-2-5-19-6-4-15/h2-7H2,1H3,(H,13,18)(H,16,17).